The molecule has 0 saturated carbocycles. The molecule has 0 aliphatic rings. The van der Waals surface area contributed by atoms with Gasteiger partial charge >= 0.3 is 6.01 Å². The van der Waals surface area contributed by atoms with Crippen LogP contribution >= 0.6 is 0 Å². The van der Waals surface area contributed by atoms with Crippen LogP contribution in [0.4, 0.5) is 6.01 Å². The molecule has 0 bridgehead atoms. The Kier molecular flexibility index (Phi) is 6.24. The monoisotopic (exact) mass is 468 g/mol. The average Bonchev–Trinajstić information content (AvgIpc) is 3.51. The summed E-state index contributed by atoms with van der Waals surface area (Å²) in [6.45, 7) is 0.0866. The van der Waals surface area contributed by atoms with Crippen molar-refractivity contribution in [3.05, 3.63) is 78.3 Å². The molecule has 0 spiro atoms. The maximum atomic E-state index is 12.8. The Bertz CT molecular complexity index is 1350. The van der Waals surface area contributed by atoms with Gasteiger partial charge in [-0.25, -0.2) is 8.42 Å². The first-order chi connectivity index (χ1) is 15.9. The van der Waals surface area contributed by atoms with Gasteiger partial charge in [0, 0.05) is 12.6 Å². The van der Waals surface area contributed by atoms with Crippen LogP contribution in [0.5, 0.6) is 5.75 Å². The van der Waals surface area contributed by atoms with E-state index in [0.29, 0.717) is 17.1 Å². The molecule has 2 aromatic heterocycles. The molecule has 0 saturated heterocycles. The van der Waals surface area contributed by atoms with Crippen LogP contribution < -0.4 is 10.1 Å². The molecule has 10 nitrogen and oxygen atoms in total. The quantitative estimate of drug-likeness (QED) is 0.417. The van der Waals surface area contributed by atoms with Crippen LogP contribution in [-0.2, 0) is 16.6 Å². The highest BCUT2D eigenvalue weighted by atomic mass is 32.2. The third kappa shape index (κ3) is 4.78. The van der Waals surface area contributed by atoms with E-state index in [1.807, 2.05) is 0 Å². The highest BCUT2D eigenvalue weighted by molar-refractivity contribution is 7.89. The van der Waals surface area contributed by atoms with Gasteiger partial charge in [-0.15, -0.1) is 5.10 Å². The Morgan fingerprint density at radius 3 is 2.52 bits per heavy atom. The van der Waals surface area contributed by atoms with Crippen LogP contribution in [-0.4, -0.2) is 43.0 Å². The van der Waals surface area contributed by atoms with Gasteiger partial charge in [-0.2, -0.15) is 4.31 Å². The van der Waals surface area contributed by atoms with Crippen LogP contribution in [0.2, 0.25) is 0 Å². The largest absolute Gasteiger partial charge is 0.496 e. The number of para-hydroxylation sites is 1. The normalized spacial score (nSPS) is 11.5. The maximum absolute atomic E-state index is 12.8. The lowest BCUT2D eigenvalue weighted by Gasteiger charge is -2.16. The zero-order chi connectivity index (χ0) is 23.4. The van der Waals surface area contributed by atoms with Crippen molar-refractivity contribution in [1.29, 1.82) is 0 Å². The lowest BCUT2D eigenvalue weighted by atomic mass is 10.2. The predicted molar refractivity (Wildman–Crippen MR) is 118 cm³/mol. The number of carbonyl (C=O) groups excluding carboxylic acids is 1. The van der Waals surface area contributed by atoms with Crippen LogP contribution in [0.15, 0.2) is 80.7 Å². The molecule has 11 heteroatoms. The molecular weight excluding hydrogens is 448 g/mol. The van der Waals surface area contributed by atoms with Crippen molar-refractivity contribution in [2.75, 3.05) is 19.5 Å². The Morgan fingerprint density at radius 1 is 1.06 bits per heavy atom. The first-order valence-corrected chi connectivity index (χ1v) is 11.2. The number of nitrogens with one attached hydrogen (secondary N) is 1. The van der Waals surface area contributed by atoms with E-state index in [9.17, 15) is 13.2 Å². The van der Waals surface area contributed by atoms with Crippen molar-refractivity contribution in [2.45, 2.75) is 11.4 Å². The number of amides is 1. The van der Waals surface area contributed by atoms with E-state index in [4.69, 9.17) is 13.6 Å². The lowest BCUT2D eigenvalue weighted by Crippen LogP contribution is -2.26. The molecule has 1 N–H and O–H groups in total. The Hall–Kier alpha value is -3.96. The number of benzene rings is 2. The van der Waals surface area contributed by atoms with Crippen molar-refractivity contribution in [3.8, 4) is 17.2 Å². The second-order valence-corrected chi connectivity index (χ2v) is 8.98. The smallest absolute Gasteiger partial charge is 0.322 e. The zero-order valence-corrected chi connectivity index (χ0v) is 18.6. The third-order valence-corrected chi connectivity index (χ3v) is 6.58. The number of ether oxygens (including phenoxy) is 1. The molecule has 0 atom stereocenters. The predicted octanol–water partition coefficient (Wildman–Crippen LogP) is 3.41. The van der Waals surface area contributed by atoms with Crippen molar-refractivity contribution in [3.63, 3.8) is 0 Å². The highest BCUT2D eigenvalue weighted by Gasteiger charge is 2.22. The van der Waals surface area contributed by atoms with Crippen molar-refractivity contribution < 1.29 is 26.8 Å². The lowest BCUT2D eigenvalue weighted by molar-refractivity contribution is 0.102. The van der Waals surface area contributed by atoms with Gasteiger partial charge in [-0.1, -0.05) is 17.2 Å². The zero-order valence-electron chi connectivity index (χ0n) is 17.8. The van der Waals surface area contributed by atoms with Crippen LogP contribution in [0.25, 0.3) is 11.5 Å². The molecule has 0 unspecified atom stereocenters. The SMILES string of the molecule is COc1ccccc1-c1nnc(NC(=O)c2ccc(S(=O)(=O)N(C)Cc3ccco3)cc2)o1. The highest BCUT2D eigenvalue weighted by Crippen LogP contribution is 2.29. The number of anilines is 1. The molecular formula is C22H20N4O6S. The molecule has 2 heterocycles. The van der Waals surface area contributed by atoms with E-state index in [1.165, 1.54) is 49.0 Å². The maximum Gasteiger partial charge on any atom is 0.322 e. The number of aromatic nitrogens is 2. The van der Waals surface area contributed by atoms with Gasteiger partial charge in [0.05, 0.1) is 30.4 Å². The second-order valence-electron chi connectivity index (χ2n) is 6.93. The number of hydrogen-bond acceptors (Lipinski definition) is 8. The van der Waals surface area contributed by atoms with Crippen molar-refractivity contribution >= 4 is 21.9 Å². The fourth-order valence-electron chi connectivity index (χ4n) is 3.04. The Morgan fingerprint density at radius 2 is 1.82 bits per heavy atom. The van der Waals surface area contributed by atoms with Gasteiger partial charge in [0.15, 0.2) is 0 Å². The number of sulfonamides is 1. The summed E-state index contributed by atoms with van der Waals surface area (Å²) in [7, 11) is -0.785. The van der Waals surface area contributed by atoms with E-state index in [-0.39, 0.29) is 28.9 Å². The second kappa shape index (κ2) is 9.27. The topological polar surface area (TPSA) is 128 Å². The molecule has 0 fully saturated rings. The summed E-state index contributed by atoms with van der Waals surface area (Å²) in [5, 5.41) is 10.3. The number of methoxy groups -OCH3 is 1. The van der Waals surface area contributed by atoms with Gasteiger partial charge in [0.1, 0.15) is 11.5 Å². The Labute approximate surface area is 189 Å². The van der Waals surface area contributed by atoms with E-state index < -0.39 is 15.9 Å². The van der Waals surface area contributed by atoms with Gasteiger partial charge < -0.3 is 13.6 Å². The summed E-state index contributed by atoms with van der Waals surface area (Å²) >= 11 is 0. The number of furan rings is 1. The van der Waals surface area contributed by atoms with Crippen LogP contribution in [0, 0.1) is 0 Å². The fraction of sp³-hybridized carbons (Fsp3) is 0.136. The van der Waals surface area contributed by atoms with E-state index in [1.54, 1.807) is 36.4 Å². The minimum atomic E-state index is -3.76. The van der Waals surface area contributed by atoms with Crippen LogP contribution in [0.1, 0.15) is 16.1 Å². The van der Waals surface area contributed by atoms with Gasteiger partial charge in [-0.3, -0.25) is 10.1 Å². The van der Waals surface area contributed by atoms with E-state index in [0.717, 1.165) is 0 Å². The number of nitrogens with zero attached hydrogens (tertiary/aromatic N) is 3. The molecule has 0 aliphatic heterocycles. The molecule has 2 aromatic carbocycles. The summed E-state index contributed by atoms with van der Waals surface area (Å²) < 4.78 is 42.7. The number of hydrogen-bond donors (Lipinski definition) is 1. The summed E-state index contributed by atoms with van der Waals surface area (Å²) in [6, 6.07) is 15.9. The number of carbonyl (C=O) groups is 1. The molecule has 33 heavy (non-hydrogen) atoms. The van der Waals surface area contributed by atoms with Crippen LogP contribution in [0.3, 0.4) is 0 Å². The summed E-state index contributed by atoms with van der Waals surface area (Å²) in [6.07, 6.45) is 1.48. The van der Waals surface area contributed by atoms with Crippen molar-refractivity contribution in [1.82, 2.24) is 14.5 Å². The van der Waals surface area contributed by atoms with Gasteiger partial charge in [0.25, 0.3) is 11.8 Å². The van der Waals surface area contributed by atoms with E-state index >= 15 is 0 Å². The first kappa shape index (κ1) is 22.2. The van der Waals surface area contributed by atoms with Gasteiger partial charge in [0.2, 0.25) is 10.0 Å². The summed E-state index contributed by atoms with van der Waals surface area (Å²) in [5.74, 6) is 0.721. The molecule has 170 valence electrons. The summed E-state index contributed by atoms with van der Waals surface area (Å²) in [5.41, 5.74) is 0.806. The summed E-state index contributed by atoms with van der Waals surface area (Å²) in [4.78, 5) is 12.6. The average molecular weight is 468 g/mol. The van der Waals surface area contributed by atoms with E-state index in [2.05, 4.69) is 15.5 Å². The molecule has 1 amide bonds. The molecule has 0 aliphatic carbocycles. The van der Waals surface area contributed by atoms with Gasteiger partial charge in [-0.05, 0) is 48.5 Å². The number of rotatable bonds is 8. The third-order valence-electron chi connectivity index (χ3n) is 4.77. The first-order valence-electron chi connectivity index (χ1n) is 9.75. The Balaban J connectivity index is 1.45. The minimum absolute atomic E-state index is 0.0457. The minimum Gasteiger partial charge on any atom is -0.496 e. The molecule has 4 aromatic rings. The molecule has 4 rings (SSSR count). The molecule has 0 radical (unpaired) electrons. The fourth-order valence-corrected chi connectivity index (χ4v) is 4.18. The standard InChI is InChI=1S/C22H20N4O6S/c1-26(14-16-6-5-13-31-16)33(28,29)17-11-9-15(10-12-17)20(27)23-22-25-24-21(32-22)18-7-3-4-8-19(18)30-2/h3-13H,14H2,1-2H3,(H,23,25,27). The van der Waals surface area contributed by atoms with Crippen molar-refractivity contribution in [2.24, 2.45) is 0 Å².